The highest BCUT2D eigenvalue weighted by Crippen LogP contribution is 2.06. The Kier molecular flexibility index (Phi) is 5.99. The highest BCUT2D eigenvalue weighted by atomic mass is 19.5. The molecule has 1 rings (SSSR count). The summed E-state index contributed by atoms with van der Waals surface area (Å²) in [6.45, 7) is 2.18. The van der Waals surface area contributed by atoms with Gasteiger partial charge in [0, 0.05) is 18.8 Å². The van der Waals surface area contributed by atoms with Crippen LogP contribution in [0.1, 0.15) is 25.6 Å². The fourth-order valence-corrected chi connectivity index (χ4v) is 0.779. The first-order valence-electron chi connectivity index (χ1n) is 4.29. The lowest BCUT2D eigenvalue weighted by Gasteiger charge is -1.94. The molecule has 1 aromatic heterocycles. The normalized spacial score (nSPS) is 10.6. The van der Waals surface area contributed by atoms with Gasteiger partial charge in [-0.05, 0) is 6.42 Å². The maximum absolute atomic E-state index is 9.75. The zero-order valence-electron chi connectivity index (χ0n) is 7.81. The maximum atomic E-state index is 9.75. The number of aromatic amines is 1. The molecule has 1 heterocycles. The van der Waals surface area contributed by atoms with Crippen LogP contribution in [0.2, 0.25) is 0 Å². The van der Waals surface area contributed by atoms with Crippen molar-refractivity contribution in [2.24, 2.45) is 0 Å². The van der Waals surface area contributed by atoms with Gasteiger partial charge in [0.2, 0.25) is 0 Å². The first kappa shape index (κ1) is 13.0. The molecule has 0 spiro atoms. The van der Waals surface area contributed by atoms with Crippen molar-refractivity contribution < 1.29 is 17.3 Å². The third kappa shape index (κ3) is 11.0. The highest BCUT2D eigenvalue weighted by Gasteiger charge is 2.20. The fourth-order valence-electron chi connectivity index (χ4n) is 0.779. The molecule has 1 aromatic rings. The number of unbranched alkanes of at least 4 members (excludes halogenated alkanes) is 1. The number of imidazole rings is 1. The third-order valence-electron chi connectivity index (χ3n) is 1.32. The summed E-state index contributed by atoms with van der Waals surface area (Å²) < 4.78 is 39.0. The van der Waals surface area contributed by atoms with Crippen molar-refractivity contribution in [2.45, 2.75) is 26.2 Å². The summed E-state index contributed by atoms with van der Waals surface area (Å²) in [7, 11) is -6.00. The summed E-state index contributed by atoms with van der Waals surface area (Å²) in [5.41, 5.74) is 0. The van der Waals surface area contributed by atoms with Crippen molar-refractivity contribution in [3.63, 3.8) is 0 Å². The van der Waals surface area contributed by atoms with Gasteiger partial charge in [-0.3, -0.25) is 0 Å². The molecule has 0 aliphatic rings. The van der Waals surface area contributed by atoms with E-state index >= 15 is 0 Å². The lowest BCUT2D eigenvalue weighted by Crippen LogP contribution is -2.02. The van der Waals surface area contributed by atoms with Gasteiger partial charge in [0.15, 0.2) is 0 Å². The van der Waals surface area contributed by atoms with Crippen molar-refractivity contribution >= 4 is 7.25 Å². The molecule has 1 N–H and O–H groups in total. The van der Waals surface area contributed by atoms with Gasteiger partial charge in [-0.1, -0.05) is 13.3 Å². The molecule has 0 radical (unpaired) electrons. The van der Waals surface area contributed by atoms with Crippen molar-refractivity contribution in [1.82, 2.24) is 9.97 Å². The van der Waals surface area contributed by atoms with Crippen molar-refractivity contribution in [3.05, 3.63) is 18.2 Å². The number of halogens is 4. The molecule has 0 saturated carbocycles. The predicted octanol–water partition coefficient (Wildman–Crippen LogP) is 3.05. The predicted molar refractivity (Wildman–Crippen MR) is 47.4 cm³/mol. The van der Waals surface area contributed by atoms with E-state index in [0.29, 0.717) is 0 Å². The Balaban J connectivity index is 0.000000292. The number of H-pyrrole nitrogens is 1. The summed E-state index contributed by atoms with van der Waals surface area (Å²) in [5, 5.41) is 0. The Morgan fingerprint density at radius 2 is 1.93 bits per heavy atom. The molecule has 0 unspecified atom stereocenters. The molecule has 14 heavy (non-hydrogen) atoms. The molecule has 82 valence electrons. The summed E-state index contributed by atoms with van der Waals surface area (Å²) in [6, 6.07) is 0. The van der Waals surface area contributed by atoms with Crippen molar-refractivity contribution in [2.75, 3.05) is 0 Å². The Morgan fingerprint density at radius 1 is 1.36 bits per heavy atom. The molecule has 0 bridgehead atoms. The monoisotopic (exact) mass is 211 g/mol. The van der Waals surface area contributed by atoms with E-state index in [-0.39, 0.29) is 0 Å². The molecule has 0 atom stereocenters. The molecule has 7 heteroatoms. The van der Waals surface area contributed by atoms with Crippen LogP contribution in [0.4, 0.5) is 17.3 Å². The van der Waals surface area contributed by atoms with Crippen LogP contribution >= 0.6 is 0 Å². The molecule has 0 fully saturated rings. The van der Waals surface area contributed by atoms with E-state index in [4.69, 9.17) is 0 Å². The second kappa shape index (κ2) is 6.45. The highest BCUT2D eigenvalue weighted by molar-refractivity contribution is 6.50. The molecule has 0 aliphatic heterocycles. The standard InChI is InChI=1S/C7H12N2.BF4/c1-2-3-4-7-8-5-6-9-7;2-1(3,4)5/h5-6H,2-4H2,1H3,(H,8,9);/q;-1. The molecular weight excluding hydrogens is 199 g/mol. The van der Waals surface area contributed by atoms with Gasteiger partial charge in [-0.2, -0.15) is 0 Å². The summed E-state index contributed by atoms with van der Waals surface area (Å²) in [5.74, 6) is 1.11. The van der Waals surface area contributed by atoms with E-state index in [9.17, 15) is 17.3 Å². The number of hydrogen-bond donors (Lipinski definition) is 1. The Labute approximate surface area is 79.8 Å². The number of aromatic nitrogens is 2. The zero-order chi connectivity index (χ0) is 11.0. The van der Waals surface area contributed by atoms with Gasteiger partial charge in [0.25, 0.3) is 0 Å². The van der Waals surface area contributed by atoms with Gasteiger partial charge in [0.1, 0.15) is 5.82 Å². The minimum Gasteiger partial charge on any atom is -0.418 e. The average molecular weight is 211 g/mol. The minimum atomic E-state index is -6.00. The fraction of sp³-hybridized carbons (Fsp3) is 0.571. The van der Waals surface area contributed by atoms with Gasteiger partial charge in [-0.15, -0.1) is 0 Å². The van der Waals surface area contributed by atoms with E-state index in [1.165, 1.54) is 12.8 Å². The van der Waals surface area contributed by atoms with E-state index in [1.807, 2.05) is 6.20 Å². The van der Waals surface area contributed by atoms with Crippen LogP contribution in [-0.2, 0) is 6.42 Å². The molecular formula is C7H12BF4N2-. The number of rotatable bonds is 3. The summed E-state index contributed by atoms with van der Waals surface area (Å²) in [4.78, 5) is 7.16. The average Bonchev–Trinajstić information content (AvgIpc) is 2.49. The molecule has 0 saturated heterocycles. The van der Waals surface area contributed by atoms with Crippen LogP contribution in [0.5, 0.6) is 0 Å². The maximum Gasteiger partial charge on any atom is 0.673 e. The van der Waals surface area contributed by atoms with Crippen LogP contribution in [0.25, 0.3) is 0 Å². The first-order chi connectivity index (χ1) is 6.43. The van der Waals surface area contributed by atoms with Crippen LogP contribution in [0.3, 0.4) is 0 Å². The number of aryl methyl sites for hydroxylation is 1. The SMILES string of the molecule is CCCCc1ncc[nH]1.F[B-](F)(F)F. The quantitative estimate of drug-likeness (QED) is 0.603. The van der Waals surface area contributed by atoms with E-state index in [0.717, 1.165) is 12.2 Å². The van der Waals surface area contributed by atoms with Crippen LogP contribution < -0.4 is 0 Å². The van der Waals surface area contributed by atoms with Crippen molar-refractivity contribution in [3.8, 4) is 0 Å². The van der Waals surface area contributed by atoms with E-state index in [2.05, 4.69) is 16.9 Å². The molecule has 0 amide bonds. The van der Waals surface area contributed by atoms with E-state index in [1.54, 1.807) is 6.20 Å². The van der Waals surface area contributed by atoms with E-state index < -0.39 is 7.25 Å². The molecule has 2 nitrogen and oxygen atoms in total. The second-order valence-corrected chi connectivity index (χ2v) is 2.63. The Morgan fingerprint density at radius 3 is 2.29 bits per heavy atom. The van der Waals surface area contributed by atoms with Crippen molar-refractivity contribution in [1.29, 1.82) is 0 Å². The van der Waals surface area contributed by atoms with Crippen LogP contribution in [-0.4, -0.2) is 17.2 Å². The second-order valence-electron chi connectivity index (χ2n) is 2.63. The largest absolute Gasteiger partial charge is 0.673 e. The smallest absolute Gasteiger partial charge is 0.418 e. The Hall–Kier alpha value is -1.01. The van der Waals surface area contributed by atoms with Gasteiger partial charge < -0.3 is 22.2 Å². The minimum absolute atomic E-state index is 1.09. The topological polar surface area (TPSA) is 28.7 Å². The number of nitrogens with one attached hydrogen (secondary N) is 1. The summed E-state index contributed by atoms with van der Waals surface area (Å²) >= 11 is 0. The summed E-state index contributed by atoms with van der Waals surface area (Å²) in [6.07, 6.45) is 7.22. The Bertz CT molecular complexity index is 216. The molecule has 0 aliphatic carbocycles. The number of nitrogens with zero attached hydrogens (tertiary/aromatic N) is 1. The van der Waals surface area contributed by atoms with Gasteiger partial charge in [0.05, 0.1) is 0 Å². The van der Waals surface area contributed by atoms with Gasteiger partial charge >= 0.3 is 7.25 Å². The lowest BCUT2D eigenvalue weighted by molar-refractivity contribution is 0.368. The molecule has 0 aromatic carbocycles. The van der Waals surface area contributed by atoms with Crippen LogP contribution in [0, 0.1) is 0 Å². The third-order valence-corrected chi connectivity index (χ3v) is 1.32. The number of hydrogen-bond acceptors (Lipinski definition) is 1. The first-order valence-corrected chi connectivity index (χ1v) is 4.29. The zero-order valence-corrected chi connectivity index (χ0v) is 7.81. The van der Waals surface area contributed by atoms with Crippen LogP contribution in [0.15, 0.2) is 12.4 Å². The lowest BCUT2D eigenvalue weighted by atomic mass is 10.2. The van der Waals surface area contributed by atoms with Gasteiger partial charge in [-0.25, -0.2) is 4.98 Å².